The van der Waals surface area contributed by atoms with Gasteiger partial charge in [-0.25, -0.2) is 4.98 Å². The summed E-state index contributed by atoms with van der Waals surface area (Å²) in [5.41, 5.74) is -0.430. The zero-order valence-electron chi connectivity index (χ0n) is 10.8. The number of aliphatic hydroxyl groups is 1. The molecular formula is C12H14ClN3O4. The molecular weight excluding hydrogens is 286 g/mol. The number of aliphatic hydroxyl groups excluding tert-OH is 1. The van der Waals surface area contributed by atoms with E-state index < -0.39 is 16.9 Å². The van der Waals surface area contributed by atoms with E-state index >= 15 is 0 Å². The highest BCUT2D eigenvalue weighted by Gasteiger charge is 2.32. The van der Waals surface area contributed by atoms with Crippen LogP contribution in [0.3, 0.4) is 0 Å². The summed E-state index contributed by atoms with van der Waals surface area (Å²) in [6.07, 6.45) is 1.15. The van der Waals surface area contributed by atoms with Gasteiger partial charge in [0.05, 0.1) is 11.0 Å². The Morgan fingerprint density at radius 1 is 1.70 bits per heavy atom. The normalized spacial score (nSPS) is 19.9. The first-order chi connectivity index (χ1) is 9.40. The number of nitrogens with zero attached hydrogens (tertiary/aromatic N) is 3. The van der Waals surface area contributed by atoms with Crippen LogP contribution in [0.5, 0.6) is 0 Å². The number of rotatable bonds is 3. The summed E-state index contributed by atoms with van der Waals surface area (Å²) >= 11 is 5.71. The van der Waals surface area contributed by atoms with Crippen molar-refractivity contribution in [2.45, 2.75) is 19.4 Å². The standard InChI is InChI=1S/C12H14ClN3O4/c1-7(17)8-2-3-15(6-8)12(18)9-4-11(13)14-5-10(9)16(19)20/h4-5,7-8,17H,2-3,6H2,1H3. The average Bonchev–Trinajstić information content (AvgIpc) is 2.87. The molecule has 1 saturated heterocycles. The van der Waals surface area contributed by atoms with Crippen LogP contribution in [0.15, 0.2) is 12.3 Å². The van der Waals surface area contributed by atoms with Crippen molar-refractivity contribution in [2.75, 3.05) is 13.1 Å². The number of hydrogen-bond acceptors (Lipinski definition) is 5. The van der Waals surface area contributed by atoms with Crippen molar-refractivity contribution in [3.63, 3.8) is 0 Å². The van der Waals surface area contributed by atoms with Crippen molar-refractivity contribution in [1.82, 2.24) is 9.88 Å². The third-order valence-electron chi connectivity index (χ3n) is 3.47. The monoisotopic (exact) mass is 299 g/mol. The van der Waals surface area contributed by atoms with Crippen LogP contribution in [-0.2, 0) is 0 Å². The summed E-state index contributed by atoms with van der Waals surface area (Å²) in [6.45, 7) is 2.52. The third kappa shape index (κ3) is 2.88. The quantitative estimate of drug-likeness (QED) is 0.518. The maximum atomic E-state index is 12.3. The van der Waals surface area contributed by atoms with E-state index in [1.54, 1.807) is 6.92 Å². The Labute approximate surface area is 120 Å². The van der Waals surface area contributed by atoms with E-state index in [1.165, 1.54) is 11.0 Å². The van der Waals surface area contributed by atoms with E-state index in [-0.39, 0.29) is 22.3 Å². The number of carbonyl (C=O) groups excluding carboxylic acids is 1. The highest BCUT2D eigenvalue weighted by Crippen LogP contribution is 2.26. The van der Waals surface area contributed by atoms with Gasteiger partial charge in [0.25, 0.3) is 11.6 Å². The van der Waals surface area contributed by atoms with Crippen LogP contribution in [0.25, 0.3) is 0 Å². The molecule has 0 saturated carbocycles. The molecule has 1 aromatic rings. The van der Waals surface area contributed by atoms with Gasteiger partial charge in [0.15, 0.2) is 0 Å². The van der Waals surface area contributed by atoms with Gasteiger partial charge in [0.2, 0.25) is 0 Å². The molecule has 0 radical (unpaired) electrons. The van der Waals surface area contributed by atoms with Gasteiger partial charge in [-0.3, -0.25) is 14.9 Å². The predicted octanol–water partition coefficient (Wildman–Crippen LogP) is 1.49. The number of likely N-dealkylation sites (tertiary alicyclic amines) is 1. The number of nitro groups is 1. The second-order valence-corrected chi connectivity index (χ2v) is 5.21. The van der Waals surface area contributed by atoms with Gasteiger partial charge in [0, 0.05) is 19.0 Å². The molecule has 20 heavy (non-hydrogen) atoms. The first-order valence-corrected chi connectivity index (χ1v) is 6.55. The van der Waals surface area contributed by atoms with Crippen LogP contribution < -0.4 is 0 Å². The van der Waals surface area contributed by atoms with Gasteiger partial charge in [0.1, 0.15) is 16.9 Å². The number of halogens is 1. The van der Waals surface area contributed by atoms with Gasteiger partial charge < -0.3 is 10.0 Å². The topological polar surface area (TPSA) is 96.6 Å². The number of aromatic nitrogens is 1. The second kappa shape index (κ2) is 5.72. The van der Waals surface area contributed by atoms with Crippen molar-refractivity contribution >= 4 is 23.2 Å². The Kier molecular flexibility index (Phi) is 4.20. The molecule has 2 heterocycles. The molecule has 2 atom stereocenters. The molecule has 0 bridgehead atoms. The molecule has 2 rings (SSSR count). The lowest BCUT2D eigenvalue weighted by molar-refractivity contribution is -0.385. The SMILES string of the molecule is CC(O)C1CCN(C(=O)c2cc(Cl)ncc2[N+](=O)[O-])C1. The largest absolute Gasteiger partial charge is 0.393 e. The van der Waals surface area contributed by atoms with Crippen LogP contribution in [0.1, 0.15) is 23.7 Å². The average molecular weight is 300 g/mol. The number of pyridine rings is 1. The first-order valence-electron chi connectivity index (χ1n) is 6.17. The van der Waals surface area contributed by atoms with E-state index in [9.17, 15) is 20.0 Å². The summed E-state index contributed by atoms with van der Waals surface area (Å²) in [7, 11) is 0. The van der Waals surface area contributed by atoms with Crippen molar-refractivity contribution in [3.8, 4) is 0 Å². The van der Waals surface area contributed by atoms with E-state index in [1.807, 2.05) is 0 Å². The highest BCUT2D eigenvalue weighted by atomic mass is 35.5. The van der Waals surface area contributed by atoms with Crippen LogP contribution in [0.4, 0.5) is 5.69 Å². The smallest absolute Gasteiger partial charge is 0.300 e. The maximum Gasteiger partial charge on any atom is 0.300 e. The molecule has 0 aromatic carbocycles. The van der Waals surface area contributed by atoms with Crippen molar-refractivity contribution in [3.05, 3.63) is 33.1 Å². The number of hydrogen-bond donors (Lipinski definition) is 1. The lowest BCUT2D eigenvalue weighted by Crippen LogP contribution is -2.31. The van der Waals surface area contributed by atoms with Gasteiger partial charge in [-0.15, -0.1) is 0 Å². The Bertz CT molecular complexity index is 550. The van der Waals surface area contributed by atoms with Gasteiger partial charge in [-0.2, -0.15) is 0 Å². The molecule has 7 nitrogen and oxygen atoms in total. The number of carbonyl (C=O) groups is 1. The van der Waals surface area contributed by atoms with Gasteiger partial charge >= 0.3 is 0 Å². The molecule has 2 unspecified atom stereocenters. The van der Waals surface area contributed by atoms with Crippen LogP contribution >= 0.6 is 11.6 Å². The molecule has 1 N–H and O–H groups in total. The zero-order chi connectivity index (χ0) is 14.9. The molecule has 1 aliphatic heterocycles. The molecule has 8 heteroatoms. The van der Waals surface area contributed by atoms with Crippen molar-refractivity contribution in [2.24, 2.45) is 5.92 Å². The Balaban J connectivity index is 2.26. The molecule has 1 fully saturated rings. The second-order valence-electron chi connectivity index (χ2n) is 4.82. The van der Waals surface area contributed by atoms with Crippen LogP contribution in [0.2, 0.25) is 5.15 Å². The minimum atomic E-state index is -0.654. The van der Waals surface area contributed by atoms with Crippen LogP contribution in [-0.4, -0.2) is 45.0 Å². The van der Waals surface area contributed by atoms with E-state index in [0.29, 0.717) is 19.5 Å². The molecule has 1 amide bonds. The first kappa shape index (κ1) is 14.7. The third-order valence-corrected chi connectivity index (χ3v) is 3.68. The summed E-state index contributed by atoms with van der Waals surface area (Å²) < 4.78 is 0. The lowest BCUT2D eigenvalue weighted by atomic mass is 10.0. The summed E-state index contributed by atoms with van der Waals surface area (Å²) in [4.78, 5) is 27.8. The van der Waals surface area contributed by atoms with E-state index in [0.717, 1.165) is 6.20 Å². The minimum absolute atomic E-state index is 0.00434. The van der Waals surface area contributed by atoms with Gasteiger partial charge in [-0.05, 0) is 19.4 Å². The van der Waals surface area contributed by atoms with Gasteiger partial charge in [-0.1, -0.05) is 11.6 Å². The molecule has 0 aliphatic carbocycles. The van der Waals surface area contributed by atoms with E-state index in [2.05, 4.69) is 4.98 Å². The Morgan fingerprint density at radius 2 is 2.40 bits per heavy atom. The molecule has 0 spiro atoms. The van der Waals surface area contributed by atoms with Crippen molar-refractivity contribution in [1.29, 1.82) is 0 Å². The summed E-state index contributed by atoms with van der Waals surface area (Å²) in [5.74, 6) is -0.459. The van der Waals surface area contributed by atoms with Crippen molar-refractivity contribution < 1.29 is 14.8 Å². The van der Waals surface area contributed by atoms with E-state index in [4.69, 9.17) is 11.6 Å². The lowest BCUT2D eigenvalue weighted by Gasteiger charge is -2.17. The molecule has 1 aromatic heterocycles. The maximum absolute atomic E-state index is 12.3. The fourth-order valence-electron chi connectivity index (χ4n) is 2.28. The molecule has 1 aliphatic rings. The molecule has 108 valence electrons. The minimum Gasteiger partial charge on any atom is -0.393 e. The summed E-state index contributed by atoms with van der Waals surface area (Å²) in [6, 6.07) is 1.21. The predicted molar refractivity (Wildman–Crippen MR) is 71.6 cm³/mol. The fourth-order valence-corrected chi connectivity index (χ4v) is 2.43. The van der Waals surface area contributed by atoms with Crippen LogP contribution in [0, 0.1) is 16.0 Å². The summed E-state index contributed by atoms with van der Waals surface area (Å²) in [5, 5.41) is 20.5. The Morgan fingerprint density at radius 3 is 2.95 bits per heavy atom. The Hall–Kier alpha value is -1.73. The number of amides is 1. The highest BCUT2D eigenvalue weighted by molar-refractivity contribution is 6.29. The fraction of sp³-hybridized carbons (Fsp3) is 0.500. The zero-order valence-corrected chi connectivity index (χ0v) is 11.6.